The summed E-state index contributed by atoms with van der Waals surface area (Å²) < 4.78 is 8.31. The predicted molar refractivity (Wildman–Crippen MR) is 83.6 cm³/mol. The molecule has 0 atom stereocenters. The number of furan rings is 1. The second-order valence-electron chi connectivity index (χ2n) is 4.93. The topological polar surface area (TPSA) is 47.5 Å². The van der Waals surface area contributed by atoms with Gasteiger partial charge in [-0.25, -0.2) is 0 Å². The minimum absolute atomic E-state index is 0.266. The fraction of sp³-hybridized carbons (Fsp3) is 0.250. The highest BCUT2D eigenvalue weighted by atomic mass is 32.1. The normalized spacial score (nSPS) is 12.2. The van der Waals surface area contributed by atoms with E-state index in [-0.39, 0.29) is 11.7 Å². The number of rotatable bonds is 2. The Bertz CT molecular complexity index is 870. The predicted octanol–water partition coefficient (Wildman–Crippen LogP) is 3.67. The molecule has 0 bridgehead atoms. The quantitative estimate of drug-likeness (QED) is 0.725. The van der Waals surface area contributed by atoms with Crippen LogP contribution in [-0.4, -0.2) is 10.5 Å². The first kappa shape index (κ1) is 13.8. The lowest BCUT2D eigenvalue weighted by Gasteiger charge is -2.03. The first-order chi connectivity index (χ1) is 10.1. The average molecular weight is 300 g/mol. The number of nitrogens with zero attached hydrogens (tertiary/aromatic N) is 2. The van der Waals surface area contributed by atoms with Crippen molar-refractivity contribution in [3.8, 4) is 0 Å². The second kappa shape index (κ2) is 5.33. The lowest BCUT2D eigenvalue weighted by atomic mass is 10.1. The molecule has 5 heteroatoms. The minimum atomic E-state index is -0.345. The molecule has 3 aromatic rings. The summed E-state index contributed by atoms with van der Waals surface area (Å²) in [6.07, 6.45) is 1.48. The van der Waals surface area contributed by atoms with Crippen LogP contribution in [0.4, 0.5) is 0 Å². The molecule has 0 aliphatic heterocycles. The van der Waals surface area contributed by atoms with Crippen LogP contribution in [-0.2, 0) is 6.54 Å². The molecule has 2 aromatic heterocycles. The summed E-state index contributed by atoms with van der Waals surface area (Å²) in [7, 11) is 0. The Morgan fingerprint density at radius 2 is 2.10 bits per heavy atom. The molecule has 4 nitrogen and oxygen atoms in total. The van der Waals surface area contributed by atoms with Crippen molar-refractivity contribution in [3.63, 3.8) is 0 Å². The Morgan fingerprint density at radius 3 is 2.76 bits per heavy atom. The number of benzene rings is 1. The highest BCUT2D eigenvalue weighted by Gasteiger charge is 2.11. The van der Waals surface area contributed by atoms with Crippen LogP contribution in [0.1, 0.15) is 28.6 Å². The molecule has 1 aromatic carbocycles. The van der Waals surface area contributed by atoms with Crippen LogP contribution in [0.2, 0.25) is 0 Å². The maximum atomic E-state index is 12.1. The Hall–Kier alpha value is -2.14. The van der Waals surface area contributed by atoms with E-state index in [0.717, 1.165) is 16.8 Å². The van der Waals surface area contributed by atoms with E-state index in [1.54, 1.807) is 12.1 Å². The number of amides is 1. The van der Waals surface area contributed by atoms with Gasteiger partial charge in [0.05, 0.1) is 16.5 Å². The summed E-state index contributed by atoms with van der Waals surface area (Å²) in [6.45, 7) is 7.01. The average Bonchev–Trinajstić information content (AvgIpc) is 3.07. The van der Waals surface area contributed by atoms with Gasteiger partial charge in [0, 0.05) is 6.54 Å². The highest BCUT2D eigenvalue weighted by molar-refractivity contribution is 7.16. The standard InChI is InChI=1S/C16H16N2O2S/c1-4-18-12-8-10(2)11(3)9-14(12)21-16(18)17-15(19)13-6-5-7-20-13/h5-9H,4H2,1-3H3. The van der Waals surface area contributed by atoms with E-state index in [4.69, 9.17) is 4.42 Å². The molecule has 0 aliphatic rings. The van der Waals surface area contributed by atoms with Crippen molar-refractivity contribution in [2.24, 2.45) is 4.99 Å². The first-order valence-electron chi connectivity index (χ1n) is 6.83. The van der Waals surface area contributed by atoms with Gasteiger partial charge in [0.15, 0.2) is 10.6 Å². The van der Waals surface area contributed by atoms with Crippen molar-refractivity contribution >= 4 is 27.5 Å². The van der Waals surface area contributed by atoms with Crippen molar-refractivity contribution in [1.82, 2.24) is 4.57 Å². The lowest BCUT2D eigenvalue weighted by molar-refractivity contribution is 0.0971. The zero-order valence-corrected chi connectivity index (χ0v) is 13.0. The Labute approximate surface area is 126 Å². The van der Waals surface area contributed by atoms with Crippen LogP contribution in [0.5, 0.6) is 0 Å². The molecular weight excluding hydrogens is 284 g/mol. The van der Waals surface area contributed by atoms with Gasteiger partial charge in [0.1, 0.15) is 0 Å². The number of aromatic nitrogens is 1. The van der Waals surface area contributed by atoms with Gasteiger partial charge in [-0.1, -0.05) is 11.3 Å². The zero-order chi connectivity index (χ0) is 15.0. The number of hydrogen-bond acceptors (Lipinski definition) is 3. The fourth-order valence-corrected chi connectivity index (χ4v) is 3.43. The van der Waals surface area contributed by atoms with Crippen LogP contribution in [0, 0.1) is 13.8 Å². The van der Waals surface area contributed by atoms with Gasteiger partial charge < -0.3 is 8.98 Å². The summed E-state index contributed by atoms with van der Waals surface area (Å²) in [6, 6.07) is 7.62. The molecule has 0 radical (unpaired) electrons. The monoisotopic (exact) mass is 300 g/mol. The van der Waals surface area contributed by atoms with Gasteiger partial charge in [-0.15, -0.1) is 0 Å². The number of aryl methyl sites for hydroxylation is 3. The largest absolute Gasteiger partial charge is 0.459 e. The van der Waals surface area contributed by atoms with Crippen molar-refractivity contribution in [2.45, 2.75) is 27.3 Å². The third kappa shape index (κ3) is 2.45. The van der Waals surface area contributed by atoms with Crippen LogP contribution in [0.15, 0.2) is 39.9 Å². The third-order valence-electron chi connectivity index (χ3n) is 3.54. The fourth-order valence-electron chi connectivity index (χ4n) is 2.25. The molecule has 2 heterocycles. The van der Waals surface area contributed by atoms with Crippen molar-refractivity contribution in [2.75, 3.05) is 0 Å². The van der Waals surface area contributed by atoms with E-state index >= 15 is 0 Å². The van der Waals surface area contributed by atoms with Crippen LogP contribution in [0.3, 0.4) is 0 Å². The third-order valence-corrected chi connectivity index (χ3v) is 4.58. The summed E-state index contributed by atoms with van der Waals surface area (Å²) in [5.41, 5.74) is 3.61. The molecule has 108 valence electrons. The zero-order valence-electron chi connectivity index (χ0n) is 12.2. The Kier molecular flexibility index (Phi) is 3.51. The Balaban J connectivity index is 2.21. The van der Waals surface area contributed by atoms with Crippen molar-refractivity contribution in [1.29, 1.82) is 0 Å². The SMILES string of the molecule is CCn1c(=NC(=O)c2ccco2)sc2cc(C)c(C)cc21. The number of thiazole rings is 1. The van der Waals surface area contributed by atoms with Crippen molar-refractivity contribution < 1.29 is 9.21 Å². The molecule has 0 spiro atoms. The van der Waals surface area contributed by atoms with Gasteiger partial charge >= 0.3 is 5.91 Å². The van der Waals surface area contributed by atoms with Crippen LogP contribution >= 0.6 is 11.3 Å². The summed E-state index contributed by atoms with van der Waals surface area (Å²) >= 11 is 1.53. The van der Waals surface area contributed by atoms with Gasteiger partial charge in [-0.3, -0.25) is 4.79 Å². The van der Waals surface area contributed by atoms with Gasteiger partial charge in [0.25, 0.3) is 0 Å². The van der Waals surface area contributed by atoms with E-state index in [1.165, 1.54) is 28.7 Å². The molecule has 0 saturated heterocycles. The van der Waals surface area contributed by atoms with Crippen LogP contribution < -0.4 is 4.80 Å². The lowest BCUT2D eigenvalue weighted by Crippen LogP contribution is -2.15. The number of fused-ring (bicyclic) bond motifs is 1. The molecule has 0 fully saturated rings. The molecule has 0 saturated carbocycles. The summed E-state index contributed by atoms with van der Waals surface area (Å²) in [5.74, 6) is -0.0790. The molecular formula is C16H16N2O2S. The van der Waals surface area contributed by atoms with E-state index in [2.05, 4.69) is 42.5 Å². The van der Waals surface area contributed by atoms with Gasteiger partial charge in [-0.05, 0) is 56.2 Å². The molecule has 3 rings (SSSR count). The van der Waals surface area contributed by atoms with E-state index in [0.29, 0.717) is 4.80 Å². The molecule has 21 heavy (non-hydrogen) atoms. The van der Waals surface area contributed by atoms with Crippen LogP contribution in [0.25, 0.3) is 10.2 Å². The summed E-state index contributed by atoms with van der Waals surface area (Å²) in [5, 5.41) is 0. The molecule has 1 amide bonds. The highest BCUT2D eigenvalue weighted by Crippen LogP contribution is 2.22. The maximum Gasteiger partial charge on any atom is 0.315 e. The maximum absolute atomic E-state index is 12.1. The van der Waals surface area contributed by atoms with E-state index in [9.17, 15) is 4.79 Å². The number of carbonyl (C=O) groups excluding carboxylic acids is 1. The minimum Gasteiger partial charge on any atom is -0.459 e. The number of carbonyl (C=O) groups is 1. The molecule has 0 unspecified atom stereocenters. The molecule has 0 N–H and O–H groups in total. The second-order valence-corrected chi connectivity index (χ2v) is 5.94. The first-order valence-corrected chi connectivity index (χ1v) is 7.65. The van der Waals surface area contributed by atoms with E-state index in [1.807, 2.05) is 0 Å². The molecule has 0 aliphatic carbocycles. The smallest absolute Gasteiger partial charge is 0.315 e. The van der Waals surface area contributed by atoms with Gasteiger partial charge in [0.2, 0.25) is 0 Å². The Morgan fingerprint density at radius 1 is 1.33 bits per heavy atom. The van der Waals surface area contributed by atoms with Gasteiger partial charge in [-0.2, -0.15) is 4.99 Å². The summed E-state index contributed by atoms with van der Waals surface area (Å²) in [4.78, 5) is 17.0. The number of hydrogen-bond donors (Lipinski definition) is 0. The van der Waals surface area contributed by atoms with E-state index < -0.39 is 0 Å². The van der Waals surface area contributed by atoms with Crippen molar-refractivity contribution in [3.05, 3.63) is 52.2 Å².